The van der Waals surface area contributed by atoms with Crippen molar-refractivity contribution in [2.24, 2.45) is 5.73 Å². The maximum atomic E-state index is 5.53. The van der Waals surface area contributed by atoms with Crippen molar-refractivity contribution in [2.75, 3.05) is 19.8 Å². The van der Waals surface area contributed by atoms with Crippen molar-refractivity contribution in [1.82, 2.24) is 0 Å². The third kappa shape index (κ3) is 6.10. The number of ether oxygens (including phenoxy) is 2. The summed E-state index contributed by atoms with van der Waals surface area (Å²) in [6.07, 6.45) is 2.27. The molecule has 3 nitrogen and oxygen atoms in total. The normalized spacial score (nSPS) is 10.5. The highest BCUT2D eigenvalue weighted by atomic mass is 32.1. The van der Waals surface area contributed by atoms with Crippen LogP contribution < -0.4 is 5.73 Å². The molecule has 0 radical (unpaired) electrons. The molecule has 0 heterocycles. The van der Waals surface area contributed by atoms with Crippen LogP contribution in [0, 0.1) is 0 Å². The zero-order chi connectivity index (χ0) is 13.2. The molecule has 0 aromatic heterocycles. The Hall–Kier alpha value is -0.970. The topological polar surface area (TPSA) is 44.5 Å². The van der Waals surface area contributed by atoms with Gasteiger partial charge in [0.25, 0.3) is 0 Å². The molecule has 0 aliphatic rings. The Morgan fingerprint density at radius 3 is 2.39 bits per heavy atom. The van der Waals surface area contributed by atoms with Gasteiger partial charge in [0.05, 0.1) is 19.8 Å². The first-order valence-electron chi connectivity index (χ1n) is 6.28. The molecule has 0 aliphatic heterocycles. The molecule has 4 heteroatoms. The predicted molar refractivity (Wildman–Crippen MR) is 77.7 cm³/mol. The fraction of sp³-hybridized carbons (Fsp3) is 0.500. The molecule has 0 unspecified atom stereocenters. The second-order valence-corrected chi connectivity index (χ2v) is 4.52. The standard InChI is InChI=1S/C14H21NO2S/c1-2-3-8-16-9-10-17-11-12-4-6-13(7-5-12)14(15)18/h4-7H,2-3,8-11H2,1H3,(H2,15,18). The number of unbranched alkanes of at least 4 members (excludes halogenated alkanes) is 1. The summed E-state index contributed by atoms with van der Waals surface area (Å²) in [5, 5.41) is 0. The van der Waals surface area contributed by atoms with Crippen molar-refractivity contribution in [3.05, 3.63) is 35.4 Å². The van der Waals surface area contributed by atoms with Crippen molar-refractivity contribution < 1.29 is 9.47 Å². The molecule has 18 heavy (non-hydrogen) atoms. The molecule has 0 amide bonds. The maximum Gasteiger partial charge on any atom is 0.103 e. The molecule has 0 saturated heterocycles. The lowest BCUT2D eigenvalue weighted by Gasteiger charge is -2.06. The van der Waals surface area contributed by atoms with Crippen molar-refractivity contribution in [2.45, 2.75) is 26.4 Å². The van der Waals surface area contributed by atoms with Crippen LogP contribution in [0.25, 0.3) is 0 Å². The van der Waals surface area contributed by atoms with E-state index in [0.29, 0.717) is 24.8 Å². The van der Waals surface area contributed by atoms with Crippen molar-refractivity contribution in [1.29, 1.82) is 0 Å². The van der Waals surface area contributed by atoms with Gasteiger partial charge in [-0.3, -0.25) is 0 Å². The summed E-state index contributed by atoms with van der Waals surface area (Å²) in [6, 6.07) is 7.79. The number of thiocarbonyl (C=S) groups is 1. The Kier molecular flexibility index (Phi) is 7.57. The van der Waals surface area contributed by atoms with Crippen LogP contribution in [0.2, 0.25) is 0 Å². The second-order valence-electron chi connectivity index (χ2n) is 4.08. The number of hydrogen-bond acceptors (Lipinski definition) is 3. The minimum Gasteiger partial charge on any atom is -0.389 e. The maximum absolute atomic E-state index is 5.53. The first-order valence-corrected chi connectivity index (χ1v) is 6.69. The minimum atomic E-state index is 0.423. The van der Waals surface area contributed by atoms with Crippen molar-refractivity contribution >= 4 is 17.2 Å². The summed E-state index contributed by atoms with van der Waals surface area (Å²) in [4.78, 5) is 0.423. The Balaban J connectivity index is 2.14. The van der Waals surface area contributed by atoms with Gasteiger partial charge in [0.1, 0.15) is 4.99 Å². The van der Waals surface area contributed by atoms with Crippen LogP contribution in [0.4, 0.5) is 0 Å². The van der Waals surface area contributed by atoms with Gasteiger partial charge in [0.15, 0.2) is 0 Å². The van der Waals surface area contributed by atoms with Crippen molar-refractivity contribution in [3.8, 4) is 0 Å². The molecule has 0 atom stereocenters. The highest BCUT2D eigenvalue weighted by Crippen LogP contribution is 2.05. The van der Waals surface area contributed by atoms with Crippen LogP contribution in [-0.4, -0.2) is 24.8 Å². The Labute approximate surface area is 114 Å². The predicted octanol–water partition coefficient (Wildman–Crippen LogP) is 2.65. The molecule has 1 rings (SSSR count). The van der Waals surface area contributed by atoms with E-state index in [0.717, 1.165) is 30.6 Å². The van der Waals surface area contributed by atoms with Crippen LogP contribution in [-0.2, 0) is 16.1 Å². The Morgan fingerprint density at radius 1 is 1.11 bits per heavy atom. The summed E-state index contributed by atoms with van der Waals surface area (Å²) >= 11 is 4.89. The minimum absolute atomic E-state index is 0.423. The molecule has 0 saturated carbocycles. The molecule has 0 bridgehead atoms. The number of nitrogens with two attached hydrogens (primary N) is 1. The molecule has 0 aliphatic carbocycles. The van der Waals surface area contributed by atoms with Gasteiger partial charge in [0.2, 0.25) is 0 Å². The van der Waals surface area contributed by atoms with E-state index in [1.807, 2.05) is 24.3 Å². The van der Waals surface area contributed by atoms with E-state index in [2.05, 4.69) is 6.92 Å². The summed E-state index contributed by atoms with van der Waals surface area (Å²) in [7, 11) is 0. The van der Waals surface area contributed by atoms with Gasteiger partial charge in [-0.2, -0.15) is 0 Å². The summed E-state index contributed by atoms with van der Waals surface area (Å²) in [6.45, 7) is 4.85. The average Bonchev–Trinajstić information content (AvgIpc) is 2.38. The molecule has 0 fully saturated rings. The van der Waals surface area contributed by atoms with Gasteiger partial charge in [0, 0.05) is 12.2 Å². The lowest BCUT2D eigenvalue weighted by Crippen LogP contribution is -2.09. The van der Waals surface area contributed by atoms with E-state index >= 15 is 0 Å². The van der Waals surface area contributed by atoms with E-state index in [9.17, 15) is 0 Å². The highest BCUT2D eigenvalue weighted by Gasteiger charge is 1.97. The molecule has 2 N–H and O–H groups in total. The fourth-order valence-electron chi connectivity index (χ4n) is 1.42. The lowest BCUT2D eigenvalue weighted by atomic mass is 10.1. The van der Waals surface area contributed by atoms with E-state index in [1.165, 1.54) is 0 Å². The Bertz CT molecular complexity index is 351. The van der Waals surface area contributed by atoms with Crippen LogP contribution in [0.15, 0.2) is 24.3 Å². The Morgan fingerprint density at radius 2 is 1.78 bits per heavy atom. The quantitative estimate of drug-likeness (QED) is 0.552. The van der Waals surface area contributed by atoms with Gasteiger partial charge in [-0.1, -0.05) is 49.8 Å². The smallest absolute Gasteiger partial charge is 0.103 e. The second kappa shape index (κ2) is 9.03. The van der Waals surface area contributed by atoms with Crippen molar-refractivity contribution in [3.63, 3.8) is 0 Å². The van der Waals surface area contributed by atoms with E-state index in [-0.39, 0.29) is 0 Å². The summed E-state index contributed by atoms with van der Waals surface area (Å²) < 4.78 is 10.9. The fourth-order valence-corrected chi connectivity index (χ4v) is 1.56. The SMILES string of the molecule is CCCCOCCOCc1ccc(C(N)=S)cc1. The highest BCUT2D eigenvalue weighted by molar-refractivity contribution is 7.80. The van der Waals surface area contributed by atoms with Gasteiger partial charge in [-0.15, -0.1) is 0 Å². The van der Waals surface area contributed by atoms with Gasteiger partial charge in [-0.25, -0.2) is 0 Å². The monoisotopic (exact) mass is 267 g/mol. The molecule has 1 aromatic carbocycles. The van der Waals surface area contributed by atoms with Crippen LogP contribution >= 0.6 is 12.2 Å². The molecule has 100 valence electrons. The zero-order valence-corrected chi connectivity index (χ0v) is 11.7. The van der Waals surface area contributed by atoms with Gasteiger partial charge < -0.3 is 15.2 Å². The zero-order valence-electron chi connectivity index (χ0n) is 10.9. The lowest BCUT2D eigenvalue weighted by molar-refractivity contribution is 0.0397. The van der Waals surface area contributed by atoms with E-state index < -0.39 is 0 Å². The molecule has 1 aromatic rings. The van der Waals surface area contributed by atoms with Crippen LogP contribution in [0.5, 0.6) is 0 Å². The molecule has 0 spiro atoms. The van der Waals surface area contributed by atoms with Gasteiger partial charge in [-0.05, 0) is 12.0 Å². The van der Waals surface area contributed by atoms with Crippen LogP contribution in [0.3, 0.4) is 0 Å². The number of rotatable bonds is 9. The molecular weight excluding hydrogens is 246 g/mol. The largest absolute Gasteiger partial charge is 0.389 e. The summed E-state index contributed by atoms with van der Waals surface area (Å²) in [5.41, 5.74) is 7.53. The first kappa shape index (κ1) is 15.1. The molecular formula is C14H21NO2S. The number of benzene rings is 1. The number of hydrogen-bond donors (Lipinski definition) is 1. The third-order valence-electron chi connectivity index (χ3n) is 2.52. The van der Waals surface area contributed by atoms with Crippen LogP contribution in [0.1, 0.15) is 30.9 Å². The summed E-state index contributed by atoms with van der Waals surface area (Å²) in [5.74, 6) is 0. The average molecular weight is 267 g/mol. The first-order chi connectivity index (χ1) is 8.74. The van der Waals surface area contributed by atoms with E-state index in [1.54, 1.807) is 0 Å². The van der Waals surface area contributed by atoms with Gasteiger partial charge >= 0.3 is 0 Å². The third-order valence-corrected chi connectivity index (χ3v) is 2.76. The van der Waals surface area contributed by atoms with E-state index in [4.69, 9.17) is 27.4 Å².